The molecule has 3 heterocycles. The lowest BCUT2D eigenvalue weighted by molar-refractivity contribution is -0.115. The molecule has 0 radical (unpaired) electrons. The number of carbonyl (C=O) groups excluding carboxylic acids is 1. The summed E-state index contributed by atoms with van der Waals surface area (Å²) in [6, 6.07) is 13.1. The van der Waals surface area contributed by atoms with Crippen LogP contribution in [0.2, 0.25) is 0 Å². The lowest BCUT2D eigenvalue weighted by Crippen LogP contribution is -2.36. The molecule has 180 valence electrons. The van der Waals surface area contributed by atoms with Crippen LogP contribution in [-0.4, -0.2) is 54.0 Å². The quantitative estimate of drug-likeness (QED) is 0.560. The first kappa shape index (κ1) is 23.3. The average Bonchev–Trinajstić information content (AvgIpc) is 3.26. The van der Waals surface area contributed by atoms with Crippen LogP contribution in [0.5, 0.6) is 0 Å². The van der Waals surface area contributed by atoms with E-state index in [0.717, 1.165) is 24.5 Å². The van der Waals surface area contributed by atoms with Gasteiger partial charge in [0.05, 0.1) is 24.5 Å². The molecule has 1 amide bonds. The summed E-state index contributed by atoms with van der Waals surface area (Å²) in [5.41, 5.74) is 3.45. The lowest BCUT2D eigenvalue weighted by Gasteiger charge is -2.28. The van der Waals surface area contributed by atoms with Crippen LogP contribution in [-0.2, 0) is 9.53 Å². The standard InChI is InChI=1S/C26H24FN3O4S/c1-16-21(30-23(31)15-35-25(30)17-2-5-19(27)6-3-17)8-7-20(26(32)33)24(16)18-4-9-22(28-14-18)29-10-12-34-13-11-29/h2-9,14,25H,10-13,15H2,1H3,(H,32,33). The second-order valence-electron chi connectivity index (χ2n) is 8.42. The van der Waals surface area contributed by atoms with Gasteiger partial charge in [-0.25, -0.2) is 14.2 Å². The number of hydrogen-bond donors (Lipinski definition) is 1. The van der Waals surface area contributed by atoms with Gasteiger partial charge in [-0.3, -0.25) is 9.69 Å². The Morgan fingerprint density at radius 2 is 1.86 bits per heavy atom. The molecule has 5 rings (SSSR count). The number of carboxylic acid groups (broad SMARTS) is 1. The van der Waals surface area contributed by atoms with Crippen LogP contribution in [0.25, 0.3) is 11.1 Å². The van der Waals surface area contributed by atoms with E-state index >= 15 is 0 Å². The monoisotopic (exact) mass is 493 g/mol. The summed E-state index contributed by atoms with van der Waals surface area (Å²) in [7, 11) is 0. The van der Waals surface area contributed by atoms with Crippen molar-refractivity contribution in [2.75, 3.05) is 41.9 Å². The molecule has 2 aromatic carbocycles. The van der Waals surface area contributed by atoms with Crippen molar-refractivity contribution < 1.29 is 23.8 Å². The van der Waals surface area contributed by atoms with E-state index in [1.54, 1.807) is 29.3 Å². The van der Waals surface area contributed by atoms with Gasteiger partial charge in [-0.05, 0) is 54.4 Å². The van der Waals surface area contributed by atoms with Crippen molar-refractivity contribution in [3.05, 3.63) is 77.2 Å². The van der Waals surface area contributed by atoms with E-state index in [0.29, 0.717) is 35.6 Å². The zero-order chi connectivity index (χ0) is 24.5. The van der Waals surface area contributed by atoms with E-state index in [1.807, 2.05) is 19.1 Å². The van der Waals surface area contributed by atoms with Gasteiger partial charge >= 0.3 is 5.97 Å². The molecule has 2 aliphatic rings. The highest BCUT2D eigenvalue weighted by Gasteiger charge is 2.36. The SMILES string of the molecule is Cc1c(N2C(=O)CSC2c2ccc(F)cc2)ccc(C(=O)O)c1-c1ccc(N2CCOCC2)nc1. The minimum atomic E-state index is -1.05. The maximum atomic E-state index is 13.5. The summed E-state index contributed by atoms with van der Waals surface area (Å²) in [4.78, 5) is 33.5. The second kappa shape index (κ2) is 9.67. The molecule has 1 unspecified atom stereocenters. The van der Waals surface area contributed by atoms with Gasteiger partial charge in [0.25, 0.3) is 0 Å². The maximum Gasteiger partial charge on any atom is 0.336 e. The zero-order valence-corrected chi connectivity index (χ0v) is 19.9. The summed E-state index contributed by atoms with van der Waals surface area (Å²) in [6.07, 6.45) is 1.68. The molecule has 3 aromatic rings. The van der Waals surface area contributed by atoms with E-state index in [-0.39, 0.29) is 28.4 Å². The Morgan fingerprint density at radius 1 is 1.11 bits per heavy atom. The number of rotatable bonds is 5. The van der Waals surface area contributed by atoms with Gasteiger partial charge < -0.3 is 14.7 Å². The van der Waals surface area contributed by atoms with Crippen LogP contribution in [0, 0.1) is 12.7 Å². The molecule has 1 aromatic heterocycles. The highest BCUT2D eigenvalue weighted by molar-refractivity contribution is 8.00. The first-order valence-electron chi connectivity index (χ1n) is 11.3. The number of nitrogens with zero attached hydrogens (tertiary/aromatic N) is 3. The van der Waals surface area contributed by atoms with E-state index < -0.39 is 5.97 Å². The molecule has 0 bridgehead atoms. The van der Waals surface area contributed by atoms with Crippen molar-refractivity contribution in [1.82, 2.24) is 4.98 Å². The zero-order valence-electron chi connectivity index (χ0n) is 19.1. The molecular formula is C26H24FN3O4S. The molecule has 2 aliphatic heterocycles. The molecule has 1 N–H and O–H groups in total. The third-order valence-electron chi connectivity index (χ3n) is 6.32. The summed E-state index contributed by atoms with van der Waals surface area (Å²) < 4.78 is 18.9. The van der Waals surface area contributed by atoms with Gasteiger partial charge in [0.15, 0.2) is 0 Å². The summed E-state index contributed by atoms with van der Waals surface area (Å²) >= 11 is 1.46. The number of anilines is 2. The molecule has 0 aliphatic carbocycles. The van der Waals surface area contributed by atoms with Gasteiger partial charge in [0.1, 0.15) is 17.0 Å². The van der Waals surface area contributed by atoms with Crippen LogP contribution in [0.1, 0.15) is 26.9 Å². The smallest absolute Gasteiger partial charge is 0.336 e. The molecule has 35 heavy (non-hydrogen) atoms. The van der Waals surface area contributed by atoms with Gasteiger partial charge in [0.2, 0.25) is 5.91 Å². The number of morpholine rings is 1. The molecule has 2 fully saturated rings. The predicted molar refractivity (Wildman–Crippen MR) is 133 cm³/mol. The number of halogens is 1. The number of carbonyl (C=O) groups is 2. The first-order valence-corrected chi connectivity index (χ1v) is 12.3. The minimum Gasteiger partial charge on any atom is -0.478 e. The highest BCUT2D eigenvalue weighted by Crippen LogP contribution is 2.45. The lowest BCUT2D eigenvalue weighted by atomic mass is 9.94. The van der Waals surface area contributed by atoms with Crippen molar-refractivity contribution in [2.24, 2.45) is 0 Å². The van der Waals surface area contributed by atoms with Crippen molar-refractivity contribution in [3.63, 3.8) is 0 Å². The first-order chi connectivity index (χ1) is 16.9. The van der Waals surface area contributed by atoms with E-state index in [4.69, 9.17) is 4.74 Å². The van der Waals surface area contributed by atoms with E-state index in [9.17, 15) is 19.1 Å². The number of aromatic nitrogens is 1. The molecule has 0 spiro atoms. The number of thioether (sulfide) groups is 1. The van der Waals surface area contributed by atoms with Gasteiger partial charge in [-0.1, -0.05) is 12.1 Å². The summed E-state index contributed by atoms with van der Waals surface area (Å²) in [5.74, 6) is -0.378. The average molecular weight is 494 g/mol. The molecular weight excluding hydrogens is 469 g/mol. The third-order valence-corrected chi connectivity index (χ3v) is 7.53. The predicted octanol–water partition coefficient (Wildman–Crippen LogP) is 4.51. The molecule has 2 saturated heterocycles. The number of benzene rings is 2. The largest absolute Gasteiger partial charge is 0.478 e. The van der Waals surface area contributed by atoms with Crippen LogP contribution in [0.4, 0.5) is 15.9 Å². The third kappa shape index (κ3) is 4.49. The molecule has 9 heteroatoms. The highest BCUT2D eigenvalue weighted by atomic mass is 32.2. The number of ether oxygens (including phenoxy) is 1. The summed E-state index contributed by atoms with van der Waals surface area (Å²) in [5, 5.41) is 9.58. The molecule has 0 saturated carbocycles. The van der Waals surface area contributed by atoms with Crippen LogP contribution in [0.15, 0.2) is 54.7 Å². The Morgan fingerprint density at radius 3 is 2.51 bits per heavy atom. The Balaban J connectivity index is 1.56. The topological polar surface area (TPSA) is 83.0 Å². The number of pyridine rings is 1. The fourth-order valence-corrected chi connectivity index (χ4v) is 5.75. The number of amides is 1. The van der Waals surface area contributed by atoms with Gasteiger partial charge in [-0.15, -0.1) is 11.8 Å². The van der Waals surface area contributed by atoms with Gasteiger partial charge in [0, 0.05) is 36.1 Å². The Hall–Kier alpha value is -3.43. The van der Waals surface area contributed by atoms with Crippen LogP contribution in [0.3, 0.4) is 0 Å². The Bertz CT molecular complexity index is 1260. The Labute approximate surface area is 206 Å². The Kier molecular flexibility index (Phi) is 6.44. The number of hydrogen-bond acceptors (Lipinski definition) is 6. The second-order valence-corrected chi connectivity index (χ2v) is 9.49. The van der Waals surface area contributed by atoms with Crippen molar-refractivity contribution in [2.45, 2.75) is 12.3 Å². The van der Waals surface area contributed by atoms with Crippen molar-refractivity contribution in [3.8, 4) is 11.1 Å². The molecule has 1 atom stereocenters. The van der Waals surface area contributed by atoms with Crippen LogP contribution < -0.4 is 9.80 Å². The fraction of sp³-hybridized carbons (Fsp3) is 0.269. The van der Waals surface area contributed by atoms with E-state index in [1.165, 1.54) is 30.0 Å². The maximum absolute atomic E-state index is 13.5. The number of carboxylic acids is 1. The number of aromatic carboxylic acids is 1. The normalized spacial score (nSPS) is 18.2. The van der Waals surface area contributed by atoms with Gasteiger partial charge in [-0.2, -0.15) is 0 Å². The molecule has 7 nitrogen and oxygen atoms in total. The van der Waals surface area contributed by atoms with E-state index in [2.05, 4.69) is 9.88 Å². The van der Waals surface area contributed by atoms with Crippen molar-refractivity contribution in [1.29, 1.82) is 0 Å². The van der Waals surface area contributed by atoms with Crippen LogP contribution >= 0.6 is 11.8 Å². The minimum absolute atomic E-state index is 0.0813. The van der Waals surface area contributed by atoms with Crippen molar-refractivity contribution >= 4 is 35.1 Å². The summed E-state index contributed by atoms with van der Waals surface area (Å²) in [6.45, 7) is 4.61. The fourth-order valence-electron chi connectivity index (χ4n) is 4.58.